The average Bonchev–Trinajstić information content (AvgIpc) is 2.48. The van der Waals surface area contributed by atoms with E-state index in [9.17, 15) is 9.59 Å². The van der Waals surface area contributed by atoms with E-state index < -0.39 is 5.91 Å². The number of ether oxygens (including phenoxy) is 1. The highest BCUT2D eigenvalue weighted by Gasteiger charge is 2.10. The van der Waals surface area contributed by atoms with Crippen LogP contribution in [0.5, 0.6) is 5.75 Å². The van der Waals surface area contributed by atoms with Gasteiger partial charge in [-0.2, -0.15) is 0 Å². The molecule has 5 nitrogen and oxygen atoms in total. The van der Waals surface area contributed by atoms with E-state index in [1.165, 1.54) is 0 Å². The van der Waals surface area contributed by atoms with Crippen LogP contribution in [0.15, 0.2) is 48.5 Å². The van der Waals surface area contributed by atoms with Gasteiger partial charge in [0.2, 0.25) is 0 Å². The van der Waals surface area contributed by atoms with E-state index in [2.05, 4.69) is 27.9 Å². The van der Waals surface area contributed by atoms with Gasteiger partial charge in [-0.15, -0.1) is 0 Å². The quantitative estimate of drug-likeness (QED) is 0.762. The second-order valence-electron chi connectivity index (χ2n) is 4.20. The Morgan fingerprint density at radius 2 is 1.76 bits per heavy atom. The predicted molar refractivity (Wildman–Crippen MR) is 88.2 cm³/mol. The van der Waals surface area contributed by atoms with E-state index in [-0.39, 0.29) is 18.1 Å². The summed E-state index contributed by atoms with van der Waals surface area (Å²) in [6, 6.07) is 13.9. The molecule has 2 rings (SSSR count). The highest BCUT2D eigenvalue weighted by molar-refractivity contribution is 14.1. The van der Waals surface area contributed by atoms with E-state index in [4.69, 9.17) is 10.5 Å². The summed E-state index contributed by atoms with van der Waals surface area (Å²) in [5.41, 5.74) is 6.18. The van der Waals surface area contributed by atoms with E-state index in [1.54, 1.807) is 36.4 Å². The second-order valence-corrected chi connectivity index (χ2v) is 5.45. The summed E-state index contributed by atoms with van der Waals surface area (Å²) in [5, 5.41) is 2.70. The Kier molecular flexibility index (Phi) is 5.15. The van der Waals surface area contributed by atoms with E-state index >= 15 is 0 Å². The lowest BCUT2D eigenvalue weighted by Crippen LogP contribution is -2.21. The maximum absolute atomic E-state index is 11.8. The summed E-state index contributed by atoms with van der Waals surface area (Å²) in [6.07, 6.45) is 0. The molecular weight excluding hydrogens is 383 g/mol. The van der Waals surface area contributed by atoms with Crippen LogP contribution < -0.4 is 15.8 Å². The first-order valence-electron chi connectivity index (χ1n) is 6.13. The van der Waals surface area contributed by atoms with Crippen LogP contribution in [0.3, 0.4) is 0 Å². The Labute approximate surface area is 135 Å². The van der Waals surface area contributed by atoms with Crippen LogP contribution in [0.1, 0.15) is 10.4 Å². The monoisotopic (exact) mass is 396 g/mol. The normalized spacial score (nSPS) is 9.95. The molecule has 0 unspecified atom stereocenters. The SMILES string of the molecule is NC(=O)c1ccccc1OCC(=O)Nc1ccc(I)cc1. The fourth-order valence-corrected chi connectivity index (χ4v) is 2.03. The van der Waals surface area contributed by atoms with E-state index in [0.29, 0.717) is 11.4 Å². The topological polar surface area (TPSA) is 81.4 Å². The van der Waals surface area contributed by atoms with Crippen LogP contribution in [0.2, 0.25) is 0 Å². The Bertz CT molecular complexity index is 656. The zero-order chi connectivity index (χ0) is 15.2. The molecule has 0 aliphatic heterocycles. The van der Waals surface area contributed by atoms with Crippen molar-refractivity contribution in [3.63, 3.8) is 0 Å². The molecule has 2 aromatic carbocycles. The number of para-hydroxylation sites is 1. The third-order valence-electron chi connectivity index (χ3n) is 2.64. The molecule has 108 valence electrons. The molecule has 6 heteroatoms. The van der Waals surface area contributed by atoms with Crippen LogP contribution in [0.25, 0.3) is 0 Å². The summed E-state index contributed by atoms with van der Waals surface area (Å²) < 4.78 is 6.42. The number of carbonyl (C=O) groups is 2. The number of amides is 2. The van der Waals surface area contributed by atoms with Crippen LogP contribution in [0, 0.1) is 3.57 Å². The minimum Gasteiger partial charge on any atom is -0.483 e. The summed E-state index contributed by atoms with van der Waals surface area (Å²) in [6.45, 7) is -0.198. The number of anilines is 1. The van der Waals surface area contributed by atoms with Gasteiger partial charge in [0.15, 0.2) is 6.61 Å². The van der Waals surface area contributed by atoms with Crippen molar-refractivity contribution in [1.82, 2.24) is 0 Å². The first-order chi connectivity index (χ1) is 10.1. The molecule has 3 N–H and O–H groups in total. The maximum atomic E-state index is 11.8. The van der Waals surface area contributed by atoms with Gasteiger partial charge >= 0.3 is 0 Å². The van der Waals surface area contributed by atoms with Crippen LogP contribution >= 0.6 is 22.6 Å². The highest BCUT2D eigenvalue weighted by atomic mass is 127. The Hall–Kier alpha value is -2.09. The van der Waals surface area contributed by atoms with Gasteiger partial charge < -0.3 is 15.8 Å². The van der Waals surface area contributed by atoms with E-state index in [0.717, 1.165) is 3.57 Å². The lowest BCUT2D eigenvalue weighted by Gasteiger charge is -2.09. The lowest BCUT2D eigenvalue weighted by atomic mass is 10.2. The minimum absolute atomic E-state index is 0.198. The Morgan fingerprint density at radius 1 is 1.10 bits per heavy atom. The minimum atomic E-state index is -0.594. The summed E-state index contributed by atoms with van der Waals surface area (Å²) >= 11 is 2.18. The molecule has 0 fully saturated rings. The standard InChI is InChI=1S/C15H13IN2O3/c16-10-5-7-11(8-6-10)18-14(19)9-21-13-4-2-1-3-12(13)15(17)20/h1-8H,9H2,(H2,17,20)(H,18,19). The number of halogens is 1. The van der Waals surface area contributed by atoms with Gasteiger partial charge in [-0.05, 0) is 59.0 Å². The Balaban J connectivity index is 1.95. The first kappa shape index (κ1) is 15.3. The first-order valence-corrected chi connectivity index (χ1v) is 7.21. The lowest BCUT2D eigenvalue weighted by molar-refractivity contribution is -0.118. The molecule has 0 aliphatic carbocycles. The molecule has 0 saturated carbocycles. The van der Waals surface area contributed by atoms with Crippen molar-refractivity contribution >= 4 is 40.1 Å². The number of hydrogen-bond donors (Lipinski definition) is 2. The van der Waals surface area contributed by atoms with E-state index in [1.807, 2.05) is 12.1 Å². The Morgan fingerprint density at radius 3 is 2.43 bits per heavy atom. The number of hydrogen-bond acceptors (Lipinski definition) is 3. The van der Waals surface area contributed by atoms with Crippen LogP contribution in [0.4, 0.5) is 5.69 Å². The average molecular weight is 396 g/mol. The van der Waals surface area contributed by atoms with Gasteiger partial charge in [-0.1, -0.05) is 12.1 Å². The van der Waals surface area contributed by atoms with Gasteiger partial charge in [0.05, 0.1) is 5.56 Å². The van der Waals surface area contributed by atoms with Crippen LogP contribution in [-0.4, -0.2) is 18.4 Å². The molecule has 0 radical (unpaired) electrons. The molecule has 0 aliphatic rings. The molecule has 21 heavy (non-hydrogen) atoms. The largest absolute Gasteiger partial charge is 0.483 e. The smallest absolute Gasteiger partial charge is 0.262 e. The van der Waals surface area contributed by atoms with Crippen molar-refractivity contribution in [1.29, 1.82) is 0 Å². The van der Waals surface area contributed by atoms with Gasteiger partial charge in [-0.3, -0.25) is 9.59 Å². The fourth-order valence-electron chi connectivity index (χ4n) is 1.67. The van der Waals surface area contributed by atoms with Crippen molar-refractivity contribution in [2.45, 2.75) is 0 Å². The molecule has 0 heterocycles. The van der Waals surface area contributed by atoms with Crippen molar-refractivity contribution in [2.75, 3.05) is 11.9 Å². The summed E-state index contributed by atoms with van der Waals surface area (Å²) in [5.74, 6) is -0.609. The molecule has 0 saturated heterocycles. The number of primary amides is 1. The molecule has 0 aromatic heterocycles. The van der Waals surface area contributed by atoms with Gasteiger partial charge in [0.25, 0.3) is 11.8 Å². The molecule has 0 spiro atoms. The number of nitrogens with one attached hydrogen (secondary N) is 1. The molecule has 2 aromatic rings. The molecule has 0 atom stereocenters. The number of benzene rings is 2. The van der Waals surface area contributed by atoms with Crippen molar-refractivity contribution in [3.05, 3.63) is 57.7 Å². The molecule has 2 amide bonds. The molecular formula is C15H13IN2O3. The third-order valence-corrected chi connectivity index (χ3v) is 3.36. The number of rotatable bonds is 5. The number of carbonyl (C=O) groups excluding carboxylic acids is 2. The summed E-state index contributed by atoms with van der Waals surface area (Å²) in [7, 11) is 0. The van der Waals surface area contributed by atoms with Crippen LogP contribution in [-0.2, 0) is 4.79 Å². The van der Waals surface area contributed by atoms with Gasteiger partial charge in [0.1, 0.15) is 5.75 Å². The predicted octanol–water partition coefficient (Wildman–Crippen LogP) is 2.41. The third kappa shape index (κ3) is 4.45. The molecule has 0 bridgehead atoms. The van der Waals surface area contributed by atoms with Gasteiger partial charge in [-0.25, -0.2) is 0 Å². The second kappa shape index (κ2) is 7.07. The van der Waals surface area contributed by atoms with Crippen molar-refractivity contribution < 1.29 is 14.3 Å². The summed E-state index contributed by atoms with van der Waals surface area (Å²) in [4.78, 5) is 23.0. The number of nitrogens with two attached hydrogens (primary N) is 1. The maximum Gasteiger partial charge on any atom is 0.262 e. The van der Waals surface area contributed by atoms with Crippen molar-refractivity contribution in [2.24, 2.45) is 5.73 Å². The fraction of sp³-hybridized carbons (Fsp3) is 0.0667. The zero-order valence-corrected chi connectivity index (χ0v) is 13.2. The van der Waals surface area contributed by atoms with Gasteiger partial charge in [0, 0.05) is 9.26 Å². The highest BCUT2D eigenvalue weighted by Crippen LogP contribution is 2.17. The van der Waals surface area contributed by atoms with Crippen molar-refractivity contribution in [3.8, 4) is 5.75 Å². The zero-order valence-electron chi connectivity index (χ0n) is 11.0.